The van der Waals surface area contributed by atoms with Gasteiger partial charge in [-0.1, -0.05) is 0 Å². The Bertz CT molecular complexity index is 139. The summed E-state index contributed by atoms with van der Waals surface area (Å²) in [6, 6.07) is -0.292. The Hall–Kier alpha value is -0.410. The first kappa shape index (κ1) is 8.68. The van der Waals surface area contributed by atoms with E-state index in [0.717, 1.165) is 25.9 Å². The van der Waals surface area contributed by atoms with E-state index in [1.54, 1.807) is 6.92 Å². The largest absolute Gasteiger partial charge is 0.322 e. The van der Waals surface area contributed by atoms with Crippen LogP contribution in [0.25, 0.3) is 0 Å². The van der Waals surface area contributed by atoms with Crippen molar-refractivity contribution in [2.75, 3.05) is 13.1 Å². The average Bonchev–Trinajstić information content (AvgIpc) is 2.05. The normalized spacial score (nSPS) is 28.0. The third-order valence-electron chi connectivity index (χ3n) is 2.15. The van der Waals surface area contributed by atoms with Crippen LogP contribution in [0, 0.1) is 5.92 Å². The van der Waals surface area contributed by atoms with Crippen LogP contribution in [0.4, 0.5) is 0 Å². The van der Waals surface area contributed by atoms with Crippen molar-refractivity contribution in [1.82, 2.24) is 5.32 Å². The quantitative estimate of drug-likeness (QED) is 0.587. The van der Waals surface area contributed by atoms with Gasteiger partial charge in [0, 0.05) is 12.5 Å². The standard InChI is InChI=1S/C8H16N2O/c1-6(9)8(11)7-3-2-4-10-5-7/h6-7,10H,2-5,9H2,1H3. The van der Waals surface area contributed by atoms with Gasteiger partial charge in [0.25, 0.3) is 0 Å². The first-order valence-corrected chi connectivity index (χ1v) is 4.22. The number of nitrogens with one attached hydrogen (secondary N) is 1. The predicted octanol–water partition coefficient (Wildman–Crippen LogP) is -0.0977. The smallest absolute Gasteiger partial charge is 0.153 e. The fourth-order valence-electron chi connectivity index (χ4n) is 1.47. The van der Waals surface area contributed by atoms with E-state index in [2.05, 4.69) is 5.32 Å². The van der Waals surface area contributed by atoms with E-state index in [9.17, 15) is 4.79 Å². The lowest BCUT2D eigenvalue weighted by atomic mass is 9.92. The number of Topliss-reactive ketones (excluding diaryl/α,β-unsaturated/α-hetero) is 1. The maximum Gasteiger partial charge on any atom is 0.153 e. The molecule has 3 N–H and O–H groups in total. The van der Waals surface area contributed by atoms with Crippen molar-refractivity contribution < 1.29 is 4.79 Å². The molecule has 0 aromatic rings. The van der Waals surface area contributed by atoms with Gasteiger partial charge in [0.15, 0.2) is 5.78 Å². The molecule has 3 heteroatoms. The molecule has 0 aromatic heterocycles. The number of rotatable bonds is 2. The van der Waals surface area contributed by atoms with E-state index in [1.807, 2.05) is 0 Å². The zero-order chi connectivity index (χ0) is 8.27. The fourth-order valence-corrected chi connectivity index (χ4v) is 1.47. The van der Waals surface area contributed by atoms with Crippen LogP contribution in [-0.2, 0) is 4.79 Å². The summed E-state index contributed by atoms with van der Waals surface area (Å²) in [4.78, 5) is 11.3. The summed E-state index contributed by atoms with van der Waals surface area (Å²) in [5.41, 5.74) is 5.49. The Balaban J connectivity index is 2.39. The van der Waals surface area contributed by atoms with Crippen molar-refractivity contribution in [3.63, 3.8) is 0 Å². The molecule has 3 nitrogen and oxygen atoms in total. The molecule has 2 unspecified atom stereocenters. The molecule has 1 saturated heterocycles. The van der Waals surface area contributed by atoms with E-state index >= 15 is 0 Å². The maximum absolute atomic E-state index is 11.3. The molecule has 64 valence electrons. The molecular formula is C8H16N2O. The monoisotopic (exact) mass is 156 g/mol. The fraction of sp³-hybridized carbons (Fsp3) is 0.875. The highest BCUT2D eigenvalue weighted by molar-refractivity contribution is 5.85. The van der Waals surface area contributed by atoms with Gasteiger partial charge in [0.05, 0.1) is 6.04 Å². The van der Waals surface area contributed by atoms with Crippen molar-refractivity contribution in [1.29, 1.82) is 0 Å². The van der Waals surface area contributed by atoms with Crippen molar-refractivity contribution >= 4 is 5.78 Å². The number of carbonyl (C=O) groups excluding carboxylic acids is 1. The van der Waals surface area contributed by atoms with Gasteiger partial charge in [-0.25, -0.2) is 0 Å². The molecule has 1 aliphatic rings. The molecule has 0 saturated carbocycles. The highest BCUT2D eigenvalue weighted by Gasteiger charge is 2.22. The van der Waals surface area contributed by atoms with E-state index in [1.165, 1.54) is 0 Å². The molecule has 0 radical (unpaired) electrons. The molecule has 1 fully saturated rings. The lowest BCUT2D eigenvalue weighted by Crippen LogP contribution is -2.41. The number of piperidine rings is 1. The molecule has 0 spiro atoms. The molecule has 2 atom stereocenters. The van der Waals surface area contributed by atoms with Gasteiger partial charge in [-0.05, 0) is 26.3 Å². The summed E-state index contributed by atoms with van der Waals surface area (Å²) >= 11 is 0. The summed E-state index contributed by atoms with van der Waals surface area (Å²) in [7, 11) is 0. The minimum Gasteiger partial charge on any atom is -0.322 e. The molecule has 11 heavy (non-hydrogen) atoms. The van der Waals surface area contributed by atoms with Crippen LogP contribution >= 0.6 is 0 Å². The second kappa shape index (κ2) is 3.83. The Kier molecular flexibility index (Phi) is 3.02. The van der Waals surface area contributed by atoms with E-state index in [4.69, 9.17) is 5.73 Å². The number of carbonyl (C=O) groups is 1. The van der Waals surface area contributed by atoms with Gasteiger partial charge in [-0.15, -0.1) is 0 Å². The van der Waals surface area contributed by atoms with Crippen molar-refractivity contribution in [2.45, 2.75) is 25.8 Å². The van der Waals surface area contributed by atoms with E-state index in [-0.39, 0.29) is 17.7 Å². The Labute approximate surface area is 67.3 Å². The summed E-state index contributed by atoms with van der Waals surface area (Å²) < 4.78 is 0. The van der Waals surface area contributed by atoms with Crippen molar-refractivity contribution in [3.8, 4) is 0 Å². The van der Waals surface area contributed by atoms with Crippen LogP contribution in [0.2, 0.25) is 0 Å². The third kappa shape index (κ3) is 2.27. The molecule has 1 rings (SSSR count). The summed E-state index contributed by atoms with van der Waals surface area (Å²) in [5, 5.41) is 3.19. The molecular weight excluding hydrogens is 140 g/mol. The summed E-state index contributed by atoms with van der Waals surface area (Å²) in [6.07, 6.45) is 2.11. The zero-order valence-electron chi connectivity index (χ0n) is 6.97. The summed E-state index contributed by atoms with van der Waals surface area (Å²) in [6.45, 7) is 3.63. The maximum atomic E-state index is 11.3. The van der Waals surface area contributed by atoms with Crippen molar-refractivity contribution in [3.05, 3.63) is 0 Å². The Morgan fingerprint density at radius 2 is 2.45 bits per heavy atom. The average molecular weight is 156 g/mol. The first-order valence-electron chi connectivity index (χ1n) is 4.22. The number of hydrogen-bond acceptors (Lipinski definition) is 3. The van der Waals surface area contributed by atoms with Gasteiger partial charge < -0.3 is 11.1 Å². The number of ketones is 1. The molecule has 0 bridgehead atoms. The highest BCUT2D eigenvalue weighted by Crippen LogP contribution is 2.11. The molecule has 1 aliphatic heterocycles. The molecule has 0 amide bonds. The van der Waals surface area contributed by atoms with Gasteiger partial charge in [0.2, 0.25) is 0 Å². The Morgan fingerprint density at radius 1 is 1.73 bits per heavy atom. The second-order valence-electron chi connectivity index (χ2n) is 3.23. The van der Waals surface area contributed by atoms with Crippen molar-refractivity contribution in [2.24, 2.45) is 11.7 Å². The van der Waals surface area contributed by atoms with E-state index in [0.29, 0.717) is 0 Å². The topological polar surface area (TPSA) is 55.1 Å². The van der Waals surface area contributed by atoms with Gasteiger partial charge in [0.1, 0.15) is 0 Å². The molecule has 0 aromatic carbocycles. The third-order valence-corrected chi connectivity index (χ3v) is 2.15. The molecule has 1 heterocycles. The van der Waals surface area contributed by atoms with Crippen LogP contribution in [-0.4, -0.2) is 24.9 Å². The van der Waals surface area contributed by atoms with E-state index < -0.39 is 0 Å². The van der Waals surface area contributed by atoms with Gasteiger partial charge >= 0.3 is 0 Å². The Morgan fingerprint density at radius 3 is 2.91 bits per heavy atom. The number of hydrogen-bond donors (Lipinski definition) is 2. The minimum atomic E-state index is -0.292. The minimum absolute atomic E-state index is 0.170. The zero-order valence-corrected chi connectivity index (χ0v) is 6.97. The van der Waals surface area contributed by atoms with Crippen LogP contribution < -0.4 is 11.1 Å². The predicted molar refractivity (Wildman–Crippen MR) is 44.3 cm³/mol. The van der Waals surface area contributed by atoms with Crippen LogP contribution in [0.15, 0.2) is 0 Å². The van der Waals surface area contributed by atoms with Crippen LogP contribution in [0.3, 0.4) is 0 Å². The lowest BCUT2D eigenvalue weighted by Gasteiger charge is -2.22. The van der Waals surface area contributed by atoms with Gasteiger partial charge in [-0.2, -0.15) is 0 Å². The van der Waals surface area contributed by atoms with Crippen LogP contribution in [0.5, 0.6) is 0 Å². The second-order valence-corrected chi connectivity index (χ2v) is 3.23. The number of nitrogens with two attached hydrogens (primary N) is 1. The lowest BCUT2D eigenvalue weighted by molar-refractivity contribution is -0.124. The van der Waals surface area contributed by atoms with Gasteiger partial charge in [-0.3, -0.25) is 4.79 Å². The summed E-state index contributed by atoms with van der Waals surface area (Å²) in [5.74, 6) is 0.376. The highest BCUT2D eigenvalue weighted by atomic mass is 16.1. The SMILES string of the molecule is CC(N)C(=O)C1CCCNC1. The first-order chi connectivity index (χ1) is 5.22. The van der Waals surface area contributed by atoms with Crippen LogP contribution in [0.1, 0.15) is 19.8 Å². The molecule has 0 aliphatic carbocycles.